The molecule has 0 saturated carbocycles. The summed E-state index contributed by atoms with van der Waals surface area (Å²) >= 11 is 1.72. The molecule has 0 fully saturated rings. The molecular formula is C14H13FN2OS. The van der Waals surface area contributed by atoms with Crippen molar-refractivity contribution in [2.45, 2.75) is 25.3 Å². The first-order valence-corrected chi connectivity index (χ1v) is 7.11. The number of amides is 1. The van der Waals surface area contributed by atoms with Crippen molar-refractivity contribution in [2.75, 3.05) is 0 Å². The first kappa shape index (κ1) is 12.3. The summed E-state index contributed by atoms with van der Waals surface area (Å²) in [5, 5.41) is 4.95. The van der Waals surface area contributed by atoms with Crippen LogP contribution in [0.5, 0.6) is 0 Å². The van der Waals surface area contributed by atoms with Gasteiger partial charge >= 0.3 is 0 Å². The summed E-state index contributed by atoms with van der Waals surface area (Å²) in [6.07, 6.45) is 4.36. The molecule has 1 aliphatic rings. The summed E-state index contributed by atoms with van der Waals surface area (Å²) in [4.78, 5) is 16.9. The van der Waals surface area contributed by atoms with Crippen LogP contribution in [0.2, 0.25) is 0 Å². The molecule has 1 amide bonds. The first-order chi connectivity index (χ1) is 9.25. The van der Waals surface area contributed by atoms with E-state index in [1.54, 1.807) is 17.4 Å². The maximum atomic E-state index is 13.5. The number of hydrogen-bond acceptors (Lipinski definition) is 3. The van der Waals surface area contributed by atoms with Crippen molar-refractivity contribution in [1.82, 2.24) is 10.3 Å². The van der Waals surface area contributed by atoms with Crippen LogP contribution in [-0.2, 0) is 6.42 Å². The van der Waals surface area contributed by atoms with Gasteiger partial charge < -0.3 is 5.32 Å². The van der Waals surface area contributed by atoms with Gasteiger partial charge in [-0.05, 0) is 48.4 Å². The number of aryl methyl sites for hydroxylation is 1. The Kier molecular flexibility index (Phi) is 3.29. The summed E-state index contributed by atoms with van der Waals surface area (Å²) in [7, 11) is 0. The average molecular weight is 276 g/mol. The summed E-state index contributed by atoms with van der Waals surface area (Å²) in [6, 6.07) is 5.05. The predicted molar refractivity (Wildman–Crippen MR) is 71.7 cm³/mol. The summed E-state index contributed by atoms with van der Waals surface area (Å²) in [5.74, 6) is -1.11. The van der Waals surface area contributed by atoms with Gasteiger partial charge in [0.2, 0.25) is 5.95 Å². The zero-order valence-corrected chi connectivity index (χ0v) is 11.0. The van der Waals surface area contributed by atoms with Gasteiger partial charge in [0.05, 0.1) is 11.6 Å². The molecule has 98 valence electrons. The number of halogens is 1. The lowest BCUT2D eigenvalue weighted by molar-refractivity contribution is 0.0928. The molecular weight excluding hydrogens is 263 g/mol. The second-order valence-electron chi connectivity index (χ2n) is 4.56. The Morgan fingerprint density at radius 3 is 3.21 bits per heavy atom. The Morgan fingerprint density at radius 2 is 2.37 bits per heavy atom. The highest BCUT2D eigenvalue weighted by atomic mass is 32.1. The van der Waals surface area contributed by atoms with E-state index in [2.05, 4.69) is 10.3 Å². The van der Waals surface area contributed by atoms with Gasteiger partial charge in [0.25, 0.3) is 5.91 Å². The predicted octanol–water partition coefficient (Wildman–Crippen LogP) is 3.09. The SMILES string of the molecule is O=C(NC1CCCc2sccc21)c1cccnc1F. The van der Waals surface area contributed by atoms with Gasteiger partial charge in [-0.15, -0.1) is 11.3 Å². The summed E-state index contributed by atoms with van der Waals surface area (Å²) in [5.41, 5.74) is 1.18. The van der Waals surface area contributed by atoms with Crippen molar-refractivity contribution in [3.8, 4) is 0 Å². The van der Waals surface area contributed by atoms with Crippen LogP contribution >= 0.6 is 11.3 Å². The molecule has 0 spiro atoms. The minimum absolute atomic E-state index is 0.00449. The standard InChI is InChI=1S/C14H13FN2OS/c15-13-10(3-2-7-16-13)14(18)17-11-4-1-5-12-9(11)6-8-19-12/h2-3,6-8,11H,1,4-5H2,(H,17,18). The molecule has 1 unspecified atom stereocenters. The molecule has 2 aromatic rings. The molecule has 3 rings (SSSR count). The maximum absolute atomic E-state index is 13.5. The molecule has 3 nitrogen and oxygen atoms in total. The number of rotatable bonds is 2. The van der Waals surface area contributed by atoms with Crippen molar-refractivity contribution in [2.24, 2.45) is 0 Å². The normalized spacial score (nSPS) is 17.8. The number of fused-ring (bicyclic) bond motifs is 1. The third-order valence-corrected chi connectivity index (χ3v) is 4.36. The monoisotopic (exact) mass is 276 g/mol. The van der Waals surface area contributed by atoms with E-state index >= 15 is 0 Å². The van der Waals surface area contributed by atoms with Crippen LogP contribution in [0.25, 0.3) is 0 Å². The fourth-order valence-corrected chi connectivity index (χ4v) is 3.42. The highest BCUT2D eigenvalue weighted by molar-refractivity contribution is 7.10. The molecule has 19 heavy (non-hydrogen) atoms. The van der Waals surface area contributed by atoms with Gasteiger partial charge in [0.1, 0.15) is 0 Å². The lowest BCUT2D eigenvalue weighted by atomic mass is 9.94. The number of carbonyl (C=O) groups is 1. The molecule has 0 saturated heterocycles. The van der Waals surface area contributed by atoms with E-state index in [4.69, 9.17) is 0 Å². The molecule has 1 aliphatic carbocycles. The molecule has 0 aliphatic heterocycles. The Hall–Kier alpha value is -1.75. The van der Waals surface area contributed by atoms with Crippen LogP contribution in [0, 0.1) is 5.95 Å². The minimum Gasteiger partial charge on any atom is -0.345 e. The van der Waals surface area contributed by atoms with Crippen LogP contribution in [0.1, 0.15) is 39.7 Å². The van der Waals surface area contributed by atoms with Gasteiger partial charge in [-0.3, -0.25) is 4.79 Å². The molecule has 0 bridgehead atoms. The molecule has 2 aromatic heterocycles. The maximum Gasteiger partial charge on any atom is 0.256 e. The molecule has 0 aromatic carbocycles. The number of nitrogens with one attached hydrogen (secondary N) is 1. The highest BCUT2D eigenvalue weighted by Crippen LogP contribution is 2.33. The van der Waals surface area contributed by atoms with E-state index in [0.29, 0.717) is 0 Å². The summed E-state index contributed by atoms with van der Waals surface area (Å²) < 4.78 is 13.5. The topological polar surface area (TPSA) is 42.0 Å². The van der Waals surface area contributed by atoms with Crippen LogP contribution in [0.4, 0.5) is 4.39 Å². The van der Waals surface area contributed by atoms with Gasteiger partial charge in [-0.25, -0.2) is 4.98 Å². The number of hydrogen-bond donors (Lipinski definition) is 1. The van der Waals surface area contributed by atoms with E-state index in [9.17, 15) is 9.18 Å². The number of pyridine rings is 1. The van der Waals surface area contributed by atoms with E-state index in [1.165, 1.54) is 22.7 Å². The fraction of sp³-hybridized carbons (Fsp3) is 0.286. The van der Waals surface area contributed by atoms with Crippen LogP contribution in [-0.4, -0.2) is 10.9 Å². The number of nitrogens with zero attached hydrogens (tertiary/aromatic N) is 1. The number of thiophene rings is 1. The highest BCUT2D eigenvalue weighted by Gasteiger charge is 2.24. The molecule has 0 radical (unpaired) electrons. The van der Waals surface area contributed by atoms with E-state index in [0.717, 1.165) is 19.3 Å². The Bertz CT molecular complexity index is 611. The lowest BCUT2D eigenvalue weighted by Gasteiger charge is -2.23. The smallest absolute Gasteiger partial charge is 0.256 e. The zero-order chi connectivity index (χ0) is 13.2. The largest absolute Gasteiger partial charge is 0.345 e. The van der Waals surface area contributed by atoms with Crippen molar-refractivity contribution < 1.29 is 9.18 Å². The molecule has 1 N–H and O–H groups in total. The van der Waals surface area contributed by atoms with Gasteiger partial charge in [0.15, 0.2) is 0 Å². The molecule has 5 heteroatoms. The fourth-order valence-electron chi connectivity index (χ4n) is 2.43. The Morgan fingerprint density at radius 1 is 1.47 bits per heavy atom. The van der Waals surface area contributed by atoms with E-state index < -0.39 is 11.9 Å². The van der Waals surface area contributed by atoms with Crippen LogP contribution in [0.3, 0.4) is 0 Å². The Balaban J connectivity index is 1.80. The number of carbonyl (C=O) groups excluding carboxylic acids is 1. The van der Waals surface area contributed by atoms with E-state index in [1.807, 2.05) is 11.4 Å². The average Bonchev–Trinajstić information content (AvgIpc) is 2.88. The van der Waals surface area contributed by atoms with Crippen LogP contribution < -0.4 is 5.32 Å². The van der Waals surface area contributed by atoms with Crippen molar-refractivity contribution in [3.63, 3.8) is 0 Å². The third kappa shape index (κ3) is 2.38. The second kappa shape index (κ2) is 5.09. The third-order valence-electron chi connectivity index (χ3n) is 3.36. The van der Waals surface area contributed by atoms with Crippen molar-refractivity contribution >= 4 is 17.2 Å². The second-order valence-corrected chi connectivity index (χ2v) is 5.56. The Labute approximate surface area is 114 Å². The van der Waals surface area contributed by atoms with Crippen molar-refractivity contribution in [3.05, 3.63) is 51.7 Å². The van der Waals surface area contributed by atoms with Gasteiger partial charge in [-0.2, -0.15) is 4.39 Å². The van der Waals surface area contributed by atoms with Crippen molar-refractivity contribution in [1.29, 1.82) is 0 Å². The van der Waals surface area contributed by atoms with Crippen LogP contribution in [0.15, 0.2) is 29.8 Å². The van der Waals surface area contributed by atoms with E-state index in [-0.39, 0.29) is 11.6 Å². The first-order valence-electron chi connectivity index (χ1n) is 6.23. The van der Waals surface area contributed by atoms with Gasteiger partial charge in [0, 0.05) is 11.1 Å². The lowest BCUT2D eigenvalue weighted by Crippen LogP contribution is -2.31. The quantitative estimate of drug-likeness (QED) is 0.856. The number of aromatic nitrogens is 1. The molecule has 2 heterocycles. The summed E-state index contributed by atoms with van der Waals surface area (Å²) in [6.45, 7) is 0. The minimum atomic E-state index is -0.721. The molecule has 1 atom stereocenters. The zero-order valence-electron chi connectivity index (χ0n) is 10.2. The van der Waals surface area contributed by atoms with Gasteiger partial charge in [-0.1, -0.05) is 0 Å².